The van der Waals surface area contributed by atoms with Gasteiger partial charge in [0.25, 0.3) is 0 Å². The molecule has 4 nitrogen and oxygen atoms in total. The Morgan fingerprint density at radius 2 is 2.24 bits per heavy atom. The summed E-state index contributed by atoms with van der Waals surface area (Å²) in [5.74, 6) is 0.505. The van der Waals surface area contributed by atoms with Crippen LogP contribution in [0.5, 0.6) is 0 Å². The van der Waals surface area contributed by atoms with E-state index in [1.165, 1.54) is 28.9 Å². The highest BCUT2D eigenvalue weighted by Crippen LogP contribution is 2.35. The minimum atomic E-state index is 0.419. The lowest BCUT2D eigenvalue weighted by atomic mass is 9.90. The molecular weight excluding hydrogens is 260 g/mol. The molecule has 2 unspecified atom stereocenters. The summed E-state index contributed by atoms with van der Waals surface area (Å²) in [7, 11) is 4.08. The second kappa shape index (κ2) is 5.60. The van der Waals surface area contributed by atoms with Crippen LogP contribution in [0.1, 0.15) is 40.5 Å². The molecule has 0 radical (unpaired) electrons. The first-order valence-corrected chi connectivity index (χ1v) is 7.72. The molecule has 112 valence electrons. The molecule has 2 aromatic rings. The van der Waals surface area contributed by atoms with Crippen molar-refractivity contribution in [2.75, 3.05) is 7.05 Å². The molecule has 0 fully saturated rings. The summed E-state index contributed by atoms with van der Waals surface area (Å²) in [6, 6.07) is 4.68. The van der Waals surface area contributed by atoms with E-state index in [4.69, 9.17) is 0 Å². The van der Waals surface area contributed by atoms with Crippen molar-refractivity contribution in [2.24, 2.45) is 7.05 Å². The molecule has 0 saturated carbocycles. The van der Waals surface area contributed by atoms with Gasteiger partial charge in [0.05, 0.1) is 5.69 Å². The Morgan fingerprint density at radius 1 is 1.43 bits per heavy atom. The van der Waals surface area contributed by atoms with E-state index in [-0.39, 0.29) is 0 Å². The van der Waals surface area contributed by atoms with Crippen molar-refractivity contribution < 1.29 is 0 Å². The topological polar surface area (TPSA) is 42.7 Å². The molecule has 3 rings (SSSR count). The SMILES string of the molecule is CNC(Cc1c(C)nn(C)c1C)C1CCc2cccnc21. The molecule has 2 atom stereocenters. The van der Waals surface area contributed by atoms with Crippen LogP contribution in [-0.2, 0) is 19.9 Å². The summed E-state index contributed by atoms with van der Waals surface area (Å²) < 4.78 is 1.98. The van der Waals surface area contributed by atoms with E-state index in [9.17, 15) is 0 Å². The van der Waals surface area contributed by atoms with Gasteiger partial charge >= 0.3 is 0 Å². The lowest BCUT2D eigenvalue weighted by Gasteiger charge is -2.23. The fraction of sp³-hybridized carbons (Fsp3) is 0.529. The molecule has 1 N–H and O–H groups in total. The zero-order valence-corrected chi connectivity index (χ0v) is 13.3. The van der Waals surface area contributed by atoms with Gasteiger partial charge in [-0.25, -0.2) is 0 Å². The van der Waals surface area contributed by atoms with Gasteiger partial charge in [-0.3, -0.25) is 9.67 Å². The van der Waals surface area contributed by atoms with Gasteiger partial charge < -0.3 is 5.32 Å². The van der Waals surface area contributed by atoms with Crippen LogP contribution in [0.3, 0.4) is 0 Å². The maximum absolute atomic E-state index is 4.64. The number of nitrogens with one attached hydrogen (secondary N) is 1. The first-order chi connectivity index (χ1) is 10.1. The molecule has 4 heteroatoms. The summed E-state index contributed by atoms with van der Waals surface area (Å²) in [6.07, 6.45) is 5.28. The van der Waals surface area contributed by atoms with Crippen LogP contribution in [0.2, 0.25) is 0 Å². The number of rotatable bonds is 4. The minimum Gasteiger partial charge on any atom is -0.316 e. The Balaban J connectivity index is 1.87. The van der Waals surface area contributed by atoms with Crippen molar-refractivity contribution in [3.63, 3.8) is 0 Å². The molecule has 0 bridgehead atoms. The zero-order chi connectivity index (χ0) is 15.0. The molecule has 0 aromatic carbocycles. The Bertz CT molecular complexity index is 644. The summed E-state index contributed by atoms with van der Waals surface area (Å²) in [6.45, 7) is 4.26. The van der Waals surface area contributed by atoms with Crippen LogP contribution in [-0.4, -0.2) is 27.9 Å². The van der Waals surface area contributed by atoms with Gasteiger partial charge in [0.2, 0.25) is 0 Å². The van der Waals surface area contributed by atoms with Gasteiger partial charge in [-0.05, 0) is 57.4 Å². The highest BCUT2D eigenvalue weighted by atomic mass is 15.3. The smallest absolute Gasteiger partial charge is 0.0628 e. The Morgan fingerprint density at radius 3 is 2.90 bits per heavy atom. The van der Waals surface area contributed by atoms with Gasteiger partial charge in [-0.2, -0.15) is 5.10 Å². The number of pyridine rings is 1. The predicted octanol–water partition coefficient (Wildman–Crippen LogP) is 2.29. The fourth-order valence-electron chi connectivity index (χ4n) is 3.61. The summed E-state index contributed by atoms with van der Waals surface area (Å²) in [5, 5.41) is 8.06. The molecule has 1 aliphatic carbocycles. The second-order valence-corrected chi connectivity index (χ2v) is 6.07. The van der Waals surface area contributed by atoms with Crippen molar-refractivity contribution >= 4 is 0 Å². The van der Waals surface area contributed by atoms with Gasteiger partial charge in [0, 0.05) is 36.6 Å². The molecule has 0 amide bonds. The average Bonchev–Trinajstić information content (AvgIpc) is 3.00. The van der Waals surface area contributed by atoms with Crippen molar-refractivity contribution in [1.29, 1.82) is 0 Å². The third kappa shape index (κ3) is 2.48. The van der Waals surface area contributed by atoms with Crippen LogP contribution < -0.4 is 5.32 Å². The van der Waals surface area contributed by atoms with E-state index in [1.54, 1.807) is 0 Å². The van der Waals surface area contributed by atoms with E-state index < -0.39 is 0 Å². The number of nitrogens with zero attached hydrogens (tertiary/aromatic N) is 3. The first kappa shape index (κ1) is 14.3. The molecular formula is C17H24N4. The Kier molecular flexibility index (Phi) is 3.81. The van der Waals surface area contributed by atoms with Crippen molar-refractivity contribution in [2.45, 2.75) is 45.1 Å². The largest absolute Gasteiger partial charge is 0.316 e. The fourth-order valence-corrected chi connectivity index (χ4v) is 3.61. The lowest BCUT2D eigenvalue weighted by Crippen LogP contribution is -2.34. The molecule has 0 spiro atoms. The van der Waals surface area contributed by atoms with E-state index >= 15 is 0 Å². The number of hydrogen-bond donors (Lipinski definition) is 1. The Hall–Kier alpha value is -1.68. The predicted molar refractivity (Wildman–Crippen MR) is 84.5 cm³/mol. The van der Waals surface area contributed by atoms with Gasteiger partial charge in [0.1, 0.15) is 0 Å². The van der Waals surface area contributed by atoms with Crippen molar-refractivity contribution in [3.05, 3.63) is 46.5 Å². The van der Waals surface area contributed by atoms with E-state index in [1.807, 2.05) is 24.0 Å². The molecule has 21 heavy (non-hydrogen) atoms. The average molecular weight is 284 g/mol. The monoisotopic (exact) mass is 284 g/mol. The van der Waals surface area contributed by atoms with Gasteiger partial charge in [-0.1, -0.05) is 6.07 Å². The number of aromatic nitrogens is 3. The quantitative estimate of drug-likeness (QED) is 0.937. The maximum atomic E-state index is 4.64. The number of aryl methyl sites for hydroxylation is 3. The molecule has 0 saturated heterocycles. The van der Waals surface area contributed by atoms with Crippen LogP contribution in [0.25, 0.3) is 0 Å². The first-order valence-electron chi connectivity index (χ1n) is 7.72. The molecule has 2 aromatic heterocycles. The van der Waals surface area contributed by atoms with Crippen LogP contribution in [0.4, 0.5) is 0 Å². The van der Waals surface area contributed by atoms with E-state index in [2.05, 4.69) is 42.4 Å². The third-order valence-electron chi connectivity index (χ3n) is 4.94. The molecule has 2 heterocycles. The number of hydrogen-bond acceptors (Lipinski definition) is 3. The number of fused-ring (bicyclic) bond motifs is 1. The highest BCUT2D eigenvalue weighted by molar-refractivity contribution is 5.32. The van der Waals surface area contributed by atoms with Crippen LogP contribution in [0.15, 0.2) is 18.3 Å². The van der Waals surface area contributed by atoms with E-state index in [0.29, 0.717) is 12.0 Å². The van der Waals surface area contributed by atoms with Gasteiger partial charge in [0.15, 0.2) is 0 Å². The van der Waals surface area contributed by atoms with Crippen molar-refractivity contribution in [3.8, 4) is 0 Å². The highest BCUT2D eigenvalue weighted by Gasteiger charge is 2.31. The lowest BCUT2D eigenvalue weighted by molar-refractivity contribution is 0.449. The molecule has 0 aliphatic heterocycles. The summed E-state index contributed by atoms with van der Waals surface area (Å²) >= 11 is 0. The Labute approximate surface area is 126 Å². The third-order valence-corrected chi connectivity index (χ3v) is 4.94. The van der Waals surface area contributed by atoms with Crippen LogP contribution >= 0.6 is 0 Å². The summed E-state index contributed by atoms with van der Waals surface area (Å²) in [5.41, 5.74) is 6.50. The number of likely N-dealkylation sites (N-methyl/N-ethyl adjacent to an activating group) is 1. The standard InChI is InChI=1S/C17H24N4/c1-11-15(12(2)21(4)20-11)10-16(18-3)14-8-7-13-6-5-9-19-17(13)14/h5-6,9,14,16,18H,7-8,10H2,1-4H3. The summed E-state index contributed by atoms with van der Waals surface area (Å²) in [4.78, 5) is 4.64. The van der Waals surface area contributed by atoms with E-state index in [0.717, 1.165) is 18.5 Å². The maximum Gasteiger partial charge on any atom is 0.0628 e. The van der Waals surface area contributed by atoms with Crippen LogP contribution in [0, 0.1) is 13.8 Å². The molecule has 1 aliphatic rings. The van der Waals surface area contributed by atoms with Crippen molar-refractivity contribution in [1.82, 2.24) is 20.1 Å². The van der Waals surface area contributed by atoms with Gasteiger partial charge in [-0.15, -0.1) is 0 Å². The minimum absolute atomic E-state index is 0.419. The zero-order valence-electron chi connectivity index (χ0n) is 13.3. The second-order valence-electron chi connectivity index (χ2n) is 6.07. The normalized spacial score (nSPS) is 18.8.